The first-order valence-electron chi connectivity index (χ1n) is 4.26. The van der Waals surface area contributed by atoms with Gasteiger partial charge in [-0.05, 0) is 17.9 Å². The van der Waals surface area contributed by atoms with Crippen LogP contribution in [0.5, 0.6) is 0 Å². The van der Waals surface area contributed by atoms with E-state index >= 15 is 0 Å². The second kappa shape index (κ2) is 4.92. The van der Waals surface area contributed by atoms with Gasteiger partial charge in [-0.3, -0.25) is 5.41 Å². The number of thioether (sulfide) groups is 1. The number of amidine groups is 1. The molecule has 1 N–H and O–H groups in total. The molecule has 0 aromatic heterocycles. The van der Waals surface area contributed by atoms with Crippen LogP contribution in [-0.4, -0.2) is 18.0 Å². The van der Waals surface area contributed by atoms with Crippen molar-refractivity contribution in [2.45, 2.75) is 6.92 Å². The van der Waals surface area contributed by atoms with Crippen molar-refractivity contribution in [3.8, 4) is 0 Å². The molecule has 0 radical (unpaired) electrons. The molecule has 0 saturated carbocycles. The Balaban J connectivity index is 2.68. The van der Waals surface area contributed by atoms with Crippen LogP contribution in [0.2, 0.25) is 0 Å². The topological polar surface area (TPSA) is 27.1 Å². The molecule has 0 aliphatic rings. The van der Waals surface area contributed by atoms with E-state index in [1.165, 1.54) is 0 Å². The van der Waals surface area contributed by atoms with Crippen LogP contribution < -0.4 is 4.90 Å². The van der Waals surface area contributed by atoms with Gasteiger partial charge in [0.15, 0.2) is 5.17 Å². The van der Waals surface area contributed by atoms with Crippen molar-refractivity contribution in [2.24, 2.45) is 0 Å². The Bertz CT molecular complexity index is 272. The van der Waals surface area contributed by atoms with Crippen LogP contribution in [0.25, 0.3) is 0 Å². The Morgan fingerprint density at radius 1 is 1.38 bits per heavy atom. The predicted octanol–water partition coefficient (Wildman–Crippen LogP) is 2.81. The maximum Gasteiger partial charge on any atom is 0.160 e. The van der Waals surface area contributed by atoms with E-state index in [1.54, 1.807) is 11.8 Å². The summed E-state index contributed by atoms with van der Waals surface area (Å²) in [6.45, 7) is 2.05. The quantitative estimate of drug-likeness (QED) is 0.579. The number of nitrogens with zero attached hydrogens (tertiary/aromatic N) is 1. The molecular weight excluding hydrogens is 180 g/mol. The Morgan fingerprint density at radius 3 is 2.54 bits per heavy atom. The van der Waals surface area contributed by atoms with Crippen molar-refractivity contribution in [3.05, 3.63) is 30.3 Å². The van der Waals surface area contributed by atoms with Gasteiger partial charge in [0.05, 0.1) is 0 Å². The minimum Gasteiger partial charge on any atom is -0.324 e. The summed E-state index contributed by atoms with van der Waals surface area (Å²) in [6, 6.07) is 9.95. The van der Waals surface area contributed by atoms with Crippen LogP contribution in [-0.2, 0) is 0 Å². The second-order valence-electron chi connectivity index (χ2n) is 2.63. The highest BCUT2D eigenvalue weighted by atomic mass is 32.2. The van der Waals surface area contributed by atoms with Gasteiger partial charge in [0.1, 0.15) is 0 Å². The second-order valence-corrected chi connectivity index (χ2v) is 3.89. The number of hydrogen-bond acceptors (Lipinski definition) is 2. The van der Waals surface area contributed by atoms with Gasteiger partial charge >= 0.3 is 0 Å². The monoisotopic (exact) mass is 194 g/mol. The van der Waals surface area contributed by atoms with E-state index in [4.69, 9.17) is 5.41 Å². The maximum absolute atomic E-state index is 7.72. The molecule has 0 bridgehead atoms. The Kier molecular flexibility index (Phi) is 3.83. The molecule has 0 heterocycles. The van der Waals surface area contributed by atoms with E-state index in [2.05, 4.69) is 6.92 Å². The molecule has 0 aliphatic carbocycles. The lowest BCUT2D eigenvalue weighted by Crippen LogP contribution is -2.22. The Morgan fingerprint density at radius 2 is 2.00 bits per heavy atom. The summed E-state index contributed by atoms with van der Waals surface area (Å²) in [4.78, 5) is 1.88. The third-order valence-electron chi connectivity index (χ3n) is 1.73. The minimum absolute atomic E-state index is 0.591. The average Bonchev–Trinajstić information content (AvgIpc) is 2.18. The zero-order valence-corrected chi connectivity index (χ0v) is 8.77. The first kappa shape index (κ1) is 10.1. The lowest BCUT2D eigenvalue weighted by molar-refractivity contribution is 1.26. The number of nitrogens with one attached hydrogen (secondary N) is 1. The van der Waals surface area contributed by atoms with Gasteiger partial charge in [-0.15, -0.1) is 0 Å². The molecule has 13 heavy (non-hydrogen) atoms. The van der Waals surface area contributed by atoms with Crippen molar-refractivity contribution in [1.29, 1.82) is 5.41 Å². The van der Waals surface area contributed by atoms with Crippen molar-refractivity contribution in [2.75, 3.05) is 17.7 Å². The van der Waals surface area contributed by atoms with E-state index in [0.29, 0.717) is 5.17 Å². The van der Waals surface area contributed by atoms with Gasteiger partial charge < -0.3 is 4.90 Å². The molecule has 0 amide bonds. The first-order chi connectivity index (χ1) is 6.25. The zero-order chi connectivity index (χ0) is 9.68. The molecular formula is C10H14N2S. The van der Waals surface area contributed by atoms with E-state index in [1.807, 2.05) is 42.3 Å². The summed E-state index contributed by atoms with van der Waals surface area (Å²) < 4.78 is 0. The normalized spacial score (nSPS) is 9.69. The summed E-state index contributed by atoms with van der Waals surface area (Å²) in [6.07, 6.45) is 0. The van der Waals surface area contributed by atoms with Crippen molar-refractivity contribution in [3.63, 3.8) is 0 Å². The van der Waals surface area contributed by atoms with Crippen LogP contribution in [0.3, 0.4) is 0 Å². The number of hydrogen-bond donors (Lipinski definition) is 1. The van der Waals surface area contributed by atoms with Crippen molar-refractivity contribution < 1.29 is 0 Å². The molecule has 0 atom stereocenters. The van der Waals surface area contributed by atoms with E-state index in [-0.39, 0.29) is 0 Å². The smallest absolute Gasteiger partial charge is 0.160 e. The van der Waals surface area contributed by atoms with Crippen LogP contribution in [0, 0.1) is 5.41 Å². The molecule has 0 spiro atoms. The number of rotatable bonds is 2. The molecule has 1 aromatic carbocycles. The van der Waals surface area contributed by atoms with Gasteiger partial charge in [0.25, 0.3) is 0 Å². The standard InChI is InChI=1S/C10H14N2S/c1-3-13-10(11)12(2)9-7-5-4-6-8-9/h4-8,11H,3H2,1-2H3. The largest absolute Gasteiger partial charge is 0.324 e. The third-order valence-corrected chi connectivity index (χ3v) is 2.57. The Labute approximate surface area is 83.5 Å². The maximum atomic E-state index is 7.72. The van der Waals surface area contributed by atoms with E-state index in [9.17, 15) is 0 Å². The predicted molar refractivity (Wildman–Crippen MR) is 60.7 cm³/mol. The van der Waals surface area contributed by atoms with Crippen molar-refractivity contribution >= 4 is 22.6 Å². The summed E-state index contributed by atoms with van der Waals surface area (Å²) in [7, 11) is 1.92. The number of anilines is 1. The summed E-state index contributed by atoms with van der Waals surface area (Å²) in [5.41, 5.74) is 1.06. The van der Waals surface area contributed by atoms with E-state index < -0.39 is 0 Å². The lowest BCUT2D eigenvalue weighted by atomic mass is 10.3. The van der Waals surface area contributed by atoms with Crippen LogP contribution in [0.1, 0.15) is 6.92 Å². The molecule has 1 aromatic rings. The first-order valence-corrected chi connectivity index (χ1v) is 5.24. The third kappa shape index (κ3) is 2.77. The zero-order valence-electron chi connectivity index (χ0n) is 7.95. The van der Waals surface area contributed by atoms with Gasteiger partial charge in [0, 0.05) is 12.7 Å². The SMILES string of the molecule is CCSC(=N)N(C)c1ccccc1. The molecule has 0 saturated heterocycles. The minimum atomic E-state index is 0.591. The molecule has 0 aliphatic heterocycles. The van der Waals surface area contributed by atoms with Crippen LogP contribution in [0.4, 0.5) is 5.69 Å². The molecule has 1 rings (SSSR count). The summed E-state index contributed by atoms with van der Waals surface area (Å²) in [5, 5.41) is 8.31. The fraction of sp³-hybridized carbons (Fsp3) is 0.300. The van der Waals surface area contributed by atoms with Gasteiger partial charge in [-0.2, -0.15) is 0 Å². The van der Waals surface area contributed by atoms with Gasteiger partial charge in [0.2, 0.25) is 0 Å². The molecule has 3 heteroatoms. The fourth-order valence-corrected chi connectivity index (χ4v) is 1.57. The highest BCUT2D eigenvalue weighted by molar-refractivity contribution is 8.14. The summed E-state index contributed by atoms with van der Waals surface area (Å²) in [5.74, 6) is 0.940. The van der Waals surface area contributed by atoms with Gasteiger partial charge in [-0.1, -0.05) is 36.9 Å². The van der Waals surface area contributed by atoms with Crippen LogP contribution in [0.15, 0.2) is 30.3 Å². The fourth-order valence-electron chi connectivity index (χ4n) is 1.00. The highest BCUT2D eigenvalue weighted by Crippen LogP contribution is 2.15. The van der Waals surface area contributed by atoms with E-state index in [0.717, 1.165) is 11.4 Å². The molecule has 2 nitrogen and oxygen atoms in total. The molecule has 70 valence electrons. The van der Waals surface area contributed by atoms with Crippen LogP contribution >= 0.6 is 11.8 Å². The van der Waals surface area contributed by atoms with Crippen molar-refractivity contribution in [1.82, 2.24) is 0 Å². The lowest BCUT2D eigenvalue weighted by Gasteiger charge is -2.18. The average molecular weight is 194 g/mol. The molecule has 0 unspecified atom stereocenters. The summed E-state index contributed by atoms with van der Waals surface area (Å²) >= 11 is 1.54. The Hall–Kier alpha value is -0.960. The number of benzene rings is 1. The molecule has 0 fully saturated rings. The number of para-hydroxylation sites is 1. The highest BCUT2D eigenvalue weighted by Gasteiger charge is 2.04. The van der Waals surface area contributed by atoms with Gasteiger partial charge in [-0.25, -0.2) is 0 Å².